The molecule has 1 N–H and O–H groups in total. The predicted octanol–water partition coefficient (Wildman–Crippen LogP) is 2.32. The number of aliphatic imine (C=N–C) groups is 1. The molecule has 0 aliphatic carbocycles. The van der Waals surface area contributed by atoms with Crippen molar-refractivity contribution in [3.63, 3.8) is 0 Å². The van der Waals surface area contributed by atoms with Crippen LogP contribution in [0, 0.1) is 11.6 Å². The molecule has 100 valence electrons. The number of hydrogen-bond acceptors (Lipinski definition) is 3. The van der Waals surface area contributed by atoms with Crippen LogP contribution in [0.2, 0.25) is 0 Å². The first-order chi connectivity index (χ1) is 8.20. The third kappa shape index (κ3) is 3.41. The monoisotopic (exact) mass is 319 g/mol. The second kappa shape index (κ2) is 6.68. The fourth-order valence-corrected chi connectivity index (χ4v) is 1.79. The van der Waals surface area contributed by atoms with Gasteiger partial charge in [-0.2, -0.15) is 0 Å². The average molecular weight is 320 g/mol. The van der Waals surface area contributed by atoms with Gasteiger partial charge in [-0.25, -0.2) is 8.78 Å². The third-order valence-corrected chi connectivity index (χ3v) is 2.75. The molecule has 0 fully saturated rings. The zero-order chi connectivity index (χ0) is 12.3. The Labute approximate surface area is 116 Å². The van der Waals surface area contributed by atoms with Crippen LogP contribution in [0.4, 0.5) is 8.78 Å². The van der Waals surface area contributed by atoms with Gasteiger partial charge in [0.15, 0.2) is 17.6 Å². The van der Waals surface area contributed by atoms with Crippen molar-refractivity contribution in [2.75, 3.05) is 19.6 Å². The summed E-state index contributed by atoms with van der Waals surface area (Å²) in [6, 6.07) is 3.91. The molecule has 1 aromatic carbocycles. The molecule has 2 rings (SSSR count). The first-order valence-electron chi connectivity index (χ1n) is 5.68. The van der Waals surface area contributed by atoms with Gasteiger partial charge in [0.25, 0.3) is 0 Å². The second-order valence-corrected chi connectivity index (χ2v) is 3.89. The van der Waals surface area contributed by atoms with Crippen LogP contribution in [0.15, 0.2) is 23.2 Å². The molecule has 0 atom stereocenters. The van der Waals surface area contributed by atoms with E-state index in [1.807, 2.05) is 0 Å². The van der Waals surface area contributed by atoms with Crippen molar-refractivity contribution >= 4 is 22.9 Å². The van der Waals surface area contributed by atoms with Gasteiger partial charge in [0.1, 0.15) is 0 Å². The number of halogens is 3. The van der Waals surface area contributed by atoms with Crippen LogP contribution in [0.25, 0.3) is 0 Å². The number of rotatable bonds is 3. The zero-order valence-corrected chi connectivity index (χ0v) is 11.8. The molecule has 0 saturated carbocycles. The minimum Gasteiger partial charge on any atom is -0.352 e. The Hall–Kier alpha value is -1.17. The normalized spacial score (nSPS) is 14.2. The van der Waals surface area contributed by atoms with Gasteiger partial charge in [0.05, 0.1) is 6.54 Å². The predicted molar refractivity (Wildman–Crippen MR) is 73.1 cm³/mol. The summed E-state index contributed by atoms with van der Waals surface area (Å²) in [5.74, 6) is -0.801. The van der Waals surface area contributed by atoms with E-state index in [0.29, 0.717) is 12.1 Å². The van der Waals surface area contributed by atoms with Crippen LogP contribution in [0.1, 0.15) is 12.5 Å². The highest BCUT2D eigenvalue weighted by Gasteiger charge is 2.14. The van der Waals surface area contributed by atoms with Gasteiger partial charge in [0.2, 0.25) is 0 Å². The van der Waals surface area contributed by atoms with Gasteiger partial charge >= 0.3 is 0 Å². The number of guanidine groups is 1. The average Bonchev–Trinajstić information content (AvgIpc) is 2.78. The van der Waals surface area contributed by atoms with E-state index in [1.54, 1.807) is 6.07 Å². The van der Waals surface area contributed by atoms with Gasteiger partial charge in [-0.1, -0.05) is 6.07 Å². The van der Waals surface area contributed by atoms with Gasteiger partial charge < -0.3 is 10.2 Å². The summed E-state index contributed by atoms with van der Waals surface area (Å²) in [5.41, 5.74) is 0.703. The maximum atomic E-state index is 13.0. The molecule has 0 unspecified atom stereocenters. The Balaban J connectivity index is 0.00000162. The minimum atomic E-state index is -0.817. The number of nitrogens with one attached hydrogen (secondary N) is 1. The quantitative estimate of drug-likeness (QED) is 0.926. The summed E-state index contributed by atoms with van der Waals surface area (Å²) < 4.78 is 25.7. The summed E-state index contributed by atoms with van der Waals surface area (Å²) in [6.45, 7) is 5.10. The maximum Gasteiger partial charge on any atom is 0.194 e. The van der Waals surface area contributed by atoms with Gasteiger partial charge in [0, 0.05) is 19.6 Å². The molecule has 1 heterocycles. The molecule has 0 radical (unpaired) electrons. The van der Waals surface area contributed by atoms with E-state index in [9.17, 15) is 8.78 Å². The summed E-state index contributed by atoms with van der Waals surface area (Å²) in [7, 11) is 0. The molecular weight excluding hydrogens is 304 g/mol. The van der Waals surface area contributed by atoms with Crippen molar-refractivity contribution in [2.45, 2.75) is 13.5 Å². The van der Waals surface area contributed by atoms with Gasteiger partial charge in [-0.15, -0.1) is 17.0 Å². The lowest BCUT2D eigenvalue weighted by atomic mass is 10.2. The molecule has 0 aromatic heterocycles. The van der Waals surface area contributed by atoms with Crippen molar-refractivity contribution in [3.8, 4) is 0 Å². The molecule has 3 nitrogen and oxygen atoms in total. The van der Waals surface area contributed by atoms with Crippen molar-refractivity contribution in [1.29, 1.82) is 0 Å². The highest BCUT2D eigenvalue weighted by Crippen LogP contribution is 2.09. The van der Waals surface area contributed by atoms with Crippen LogP contribution in [0.5, 0.6) is 0 Å². The molecule has 0 saturated heterocycles. The summed E-state index contributed by atoms with van der Waals surface area (Å²) in [6.07, 6.45) is 0. The minimum absolute atomic E-state index is 0. The molecule has 6 heteroatoms. The van der Waals surface area contributed by atoms with Gasteiger partial charge in [-0.3, -0.25) is 4.99 Å². The Morgan fingerprint density at radius 1 is 1.33 bits per heavy atom. The van der Waals surface area contributed by atoms with E-state index in [4.69, 9.17) is 0 Å². The van der Waals surface area contributed by atoms with Crippen LogP contribution in [-0.2, 0) is 6.54 Å². The lowest BCUT2D eigenvalue weighted by Crippen LogP contribution is -2.37. The van der Waals surface area contributed by atoms with Crippen molar-refractivity contribution < 1.29 is 8.78 Å². The molecule has 18 heavy (non-hydrogen) atoms. The fourth-order valence-electron chi connectivity index (χ4n) is 1.79. The highest BCUT2D eigenvalue weighted by atomic mass is 79.9. The maximum absolute atomic E-state index is 13.0. The third-order valence-electron chi connectivity index (χ3n) is 2.75. The first kappa shape index (κ1) is 14.9. The number of benzene rings is 1. The SMILES string of the molecule is Br.CCN1CCN=C1NCc1ccc(F)c(F)c1. The molecule has 0 amide bonds. The van der Waals surface area contributed by atoms with E-state index >= 15 is 0 Å². The molecule has 1 aromatic rings. The lowest BCUT2D eigenvalue weighted by Gasteiger charge is -2.18. The van der Waals surface area contributed by atoms with Crippen LogP contribution in [-0.4, -0.2) is 30.5 Å². The summed E-state index contributed by atoms with van der Waals surface area (Å²) in [5, 5.41) is 3.13. The van der Waals surface area contributed by atoms with E-state index in [0.717, 1.165) is 31.7 Å². The van der Waals surface area contributed by atoms with Crippen LogP contribution in [0.3, 0.4) is 0 Å². The van der Waals surface area contributed by atoms with Crippen LogP contribution >= 0.6 is 17.0 Å². The number of likely N-dealkylation sites (N-methyl/N-ethyl adjacent to an activating group) is 1. The van der Waals surface area contributed by atoms with Gasteiger partial charge in [-0.05, 0) is 24.6 Å². The van der Waals surface area contributed by atoms with E-state index in [-0.39, 0.29) is 17.0 Å². The number of hydrogen-bond donors (Lipinski definition) is 1. The summed E-state index contributed by atoms with van der Waals surface area (Å²) in [4.78, 5) is 6.42. The van der Waals surface area contributed by atoms with Crippen molar-refractivity contribution in [3.05, 3.63) is 35.4 Å². The fraction of sp³-hybridized carbons (Fsp3) is 0.417. The Kier molecular flexibility index (Phi) is 5.53. The van der Waals surface area contributed by atoms with E-state index in [2.05, 4.69) is 22.1 Å². The zero-order valence-electron chi connectivity index (χ0n) is 10.1. The van der Waals surface area contributed by atoms with E-state index < -0.39 is 11.6 Å². The topological polar surface area (TPSA) is 27.6 Å². The highest BCUT2D eigenvalue weighted by molar-refractivity contribution is 8.93. The smallest absolute Gasteiger partial charge is 0.194 e. The Morgan fingerprint density at radius 3 is 2.78 bits per heavy atom. The second-order valence-electron chi connectivity index (χ2n) is 3.89. The van der Waals surface area contributed by atoms with Crippen molar-refractivity contribution in [1.82, 2.24) is 10.2 Å². The molecule has 1 aliphatic rings. The largest absolute Gasteiger partial charge is 0.352 e. The van der Waals surface area contributed by atoms with E-state index in [1.165, 1.54) is 6.07 Å². The lowest BCUT2D eigenvalue weighted by molar-refractivity contribution is 0.466. The number of nitrogens with zero attached hydrogens (tertiary/aromatic N) is 2. The molecular formula is C12H16BrF2N3. The molecule has 0 bridgehead atoms. The Morgan fingerprint density at radius 2 is 2.11 bits per heavy atom. The standard InChI is InChI=1S/C12H15F2N3.BrH/c1-2-17-6-5-15-12(17)16-8-9-3-4-10(13)11(14)7-9;/h3-4,7H,2,5-6,8H2,1H3,(H,15,16);1H. The Bertz CT molecular complexity index is 437. The molecule has 0 spiro atoms. The summed E-state index contributed by atoms with van der Waals surface area (Å²) >= 11 is 0. The molecule has 1 aliphatic heterocycles. The van der Waals surface area contributed by atoms with Crippen molar-refractivity contribution in [2.24, 2.45) is 4.99 Å². The van der Waals surface area contributed by atoms with Crippen LogP contribution < -0.4 is 5.32 Å². The first-order valence-corrected chi connectivity index (χ1v) is 5.68.